The van der Waals surface area contributed by atoms with Crippen LogP contribution in [-0.2, 0) is 9.53 Å². The summed E-state index contributed by atoms with van der Waals surface area (Å²) in [4.78, 5) is 38.6. The molecule has 4 rings (SSSR count). The number of halogens is 1. The number of thioether (sulfide) groups is 1. The van der Waals surface area contributed by atoms with Crippen molar-refractivity contribution in [2.45, 2.75) is 17.1 Å². The van der Waals surface area contributed by atoms with Crippen LogP contribution in [0.2, 0.25) is 0 Å². The first-order valence-corrected chi connectivity index (χ1v) is 12.8. The van der Waals surface area contributed by atoms with Crippen LogP contribution in [0.3, 0.4) is 0 Å². The van der Waals surface area contributed by atoms with Crippen LogP contribution in [0.4, 0.5) is 15.8 Å². The van der Waals surface area contributed by atoms with Crippen LogP contribution in [0.5, 0.6) is 0 Å². The van der Waals surface area contributed by atoms with E-state index in [1.807, 2.05) is 36.4 Å². The van der Waals surface area contributed by atoms with Crippen molar-refractivity contribution in [1.29, 1.82) is 0 Å². The number of ether oxygens (including phenoxy) is 1. The van der Waals surface area contributed by atoms with E-state index >= 15 is 0 Å². The Morgan fingerprint density at radius 1 is 0.789 bits per heavy atom. The van der Waals surface area contributed by atoms with Gasteiger partial charge in [-0.1, -0.05) is 36.4 Å². The van der Waals surface area contributed by atoms with Gasteiger partial charge in [-0.15, -0.1) is 11.8 Å². The number of amides is 2. The van der Waals surface area contributed by atoms with Crippen molar-refractivity contribution in [3.63, 3.8) is 0 Å². The zero-order valence-electron chi connectivity index (χ0n) is 20.5. The lowest BCUT2D eigenvalue weighted by molar-refractivity contribution is -0.115. The lowest BCUT2D eigenvalue weighted by Crippen LogP contribution is -2.19. The van der Waals surface area contributed by atoms with Gasteiger partial charge in [0.2, 0.25) is 5.91 Å². The van der Waals surface area contributed by atoms with E-state index in [1.165, 1.54) is 36.0 Å². The van der Waals surface area contributed by atoms with Gasteiger partial charge in [-0.3, -0.25) is 9.59 Å². The number of nitrogens with one attached hydrogen (secondary N) is 2. The molecule has 0 aliphatic carbocycles. The molecule has 192 valence electrons. The van der Waals surface area contributed by atoms with Crippen molar-refractivity contribution in [2.75, 3.05) is 17.2 Å². The molecular formula is C30H25FN2O4S. The van der Waals surface area contributed by atoms with Gasteiger partial charge in [0.25, 0.3) is 5.91 Å². The quantitative estimate of drug-likeness (QED) is 0.186. The van der Waals surface area contributed by atoms with Crippen LogP contribution in [0.1, 0.15) is 38.5 Å². The number of carbonyl (C=O) groups excluding carboxylic acids is 3. The summed E-state index contributed by atoms with van der Waals surface area (Å²) in [6, 6.07) is 28.3. The Kier molecular flexibility index (Phi) is 8.89. The van der Waals surface area contributed by atoms with Gasteiger partial charge >= 0.3 is 5.97 Å². The minimum atomic E-state index is -0.594. The average Bonchev–Trinajstić information content (AvgIpc) is 2.93. The lowest BCUT2D eigenvalue weighted by Gasteiger charge is -2.18. The lowest BCUT2D eigenvalue weighted by atomic mass is 10.1. The van der Waals surface area contributed by atoms with E-state index in [4.69, 9.17) is 4.74 Å². The number of benzene rings is 4. The van der Waals surface area contributed by atoms with E-state index in [9.17, 15) is 18.8 Å². The molecule has 2 amide bonds. The normalized spacial score (nSPS) is 11.3. The summed E-state index contributed by atoms with van der Waals surface area (Å²) < 4.78 is 18.2. The molecule has 0 saturated heterocycles. The molecule has 0 heterocycles. The number of hydrogen-bond donors (Lipinski definition) is 2. The Labute approximate surface area is 224 Å². The Morgan fingerprint density at radius 2 is 1.47 bits per heavy atom. The fraction of sp³-hybridized carbons (Fsp3) is 0.100. The predicted molar refractivity (Wildman–Crippen MR) is 147 cm³/mol. The molecule has 6 nitrogen and oxygen atoms in total. The summed E-state index contributed by atoms with van der Waals surface area (Å²) in [6.45, 7) is 2.02. The van der Waals surface area contributed by atoms with Gasteiger partial charge in [0.05, 0.1) is 12.2 Å². The summed E-state index contributed by atoms with van der Waals surface area (Å²) in [5.74, 6) is -1.45. The number of carbonyl (C=O) groups is 3. The van der Waals surface area contributed by atoms with Gasteiger partial charge in [0.1, 0.15) is 11.1 Å². The van der Waals surface area contributed by atoms with Crippen LogP contribution in [0.15, 0.2) is 108 Å². The monoisotopic (exact) mass is 528 g/mol. The zero-order valence-corrected chi connectivity index (χ0v) is 21.3. The van der Waals surface area contributed by atoms with E-state index in [0.29, 0.717) is 22.5 Å². The van der Waals surface area contributed by atoms with Crippen molar-refractivity contribution < 1.29 is 23.5 Å². The van der Waals surface area contributed by atoms with Crippen molar-refractivity contribution >= 4 is 40.9 Å². The van der Waals surface area contributed by atoms with E-state index < -0.39 is 17.0 Å². The summed E-state index contributed by atoms with van der Waals surface area (Å²) in [6.07, 6.45) is 0. The molecule has 8 heteroatoms. The van der Waals surface area contributed by atoms with Gasteiger partial charge < -0.3 is 15.4 Å². The van der Waals surface area contributed by atoms with Crippen LogP contribution in [-0.4, -0.2) is 24.4 Å². The maximum atomic E-state index is 13.4. The molecule has 1 unspecified atom stereocenters. The fourth-order valence-corrected chi connectivity index (χ4v) is 4.68. The number of anilines is 2. The highest BCUT2D eigenvalue weighted by molar-refractivity contribution is 8.00. The molecule has 38 heavy (non-hydrogen) atoms. The predicted octanol–water partition coefficient (Wildman–Crippen LogP) is 6.73. The van der Waals surface area contributed by atoms with Crippen molar-refractivity contribution in [3.8, 4) is 0 Å². The largest absolute Gasteiger partial charge is 0.462 e. The van der Waals surface area contributed by atoms with Gasteiger partial charge in [0, 0.05) is 21.8 Å². The highest BCUT2D eigenvalue weighted by Crippen LogP contribution is 2.37. The highest BCUT2D eigenvalue weighted by atomic mass is 32.2. The topological polar surface area (TPSA) is 84.5 Å². The van der Waals surface area contributed by atoms with E-state index in [1.54, 1.807) is 49.4 Å². The SMILES string of the molecule is CCOC(=O)c1ccc(NC(=O)C(Sc2cccc(NC(=O)c3ccc(F)cc3)c2)c2ccccc2)cc1. The third-order valence-electron chi connectivity index (χ3n) is 5.46. The van der Waals surface area contributed by atoms with Crippen molar-refractivity contribution in [1.82, 2.24) is 0 Å². The second-order valence-electron chi connectivity index (χ2n) is 8.18. The van der Waals surface area contributed by atoms with Gasteiger partial charge in [-0.25, -0.2) is 9.18 Å². The molecule has 4 aromatic rings. The highest BCUT2D eigenvalue weighted by Gasteiger charge is 2.23. The summed E-state index contributed by atoms with van der Waals surface area (Å²) in [5.41, 5.74) is 2.63. The van der Waals surface area contributed by atoms with E-state index in [2.05, 4.69) is 10.6 Å². The molecule has 1 atom stereocenters. The molecule has 2 N–H and O–H groups in total. The maximum Gasteiger partial charge on any atom is 0.338 e. The smallest absolute Gasteiger partial charge is 0.338 e. The molecule has 0 aliphatic heterocycles. The molecule has 0 aromatic heterocycles. The fourth-order valence-electron chi connectivity index (χ4n) is 3.60. The maximum absolute atomic E-state index is 13.4. The molecule has 0 fully saturated rings. The molecule has 0 spiro atoms. The molecule has 4 aromatic carbocycles. The third kappa shape index (κ3) is 7.08. The second kappa shape index (κ2) is 12.7. The molecular weight excluding hydrogens is 503 g/mol. The minimum Gasteiger partial charge on any atom is -0.462 e. The number of hydrogen-bond acceptors (Lipinski definition) is 5. The third-order valence-corrected chi connectivity index (χ3v) is 6.70. The zero-order chi connectivity index (χ0) is 26.9. The van der Waals surface area contributed by atoms with Crippen LogP contribution >= 0.6 is 11.8 Å². The molecule has 0 saturated carbocycles. The summed E-state index contributed by atoms with van der Waals surface area (Å²) in [7, 11) is 0. The van der Waals surface area contributed by atoms with Gasteiger partial charge in [-0.2, -0.15) is 0 Å². The summed E-state index contributed by atoms with van der Waals surface area (Å²) in [5, 5.41) is 5.14. The van der Waals surface area contributed by atoms with Crippen molar-refractivity contribution in [2.24, 2.45) is 0 Å². The first-order chi connectivity index (χ1) is 18.4. The Hall–Kier alpha value is -4.43. The van der Waals surface area contributed by atoms with Gasteiger partial charge in [-0.05, 0) is 79.2 Å². The van der Waals surface area contributed by atoms with Crippen LogP contribution < -0.4 is 10.6 Å². The standard InChI is InChI=1S/C30H25FN2O4S/c1-2-37-30(36)22-13-17-24(18-14-22)32-29(35)27(20-7-4-3-5-8-20)38-26-10-6-9-25(19-26)33-28(34)21-11-15-23(31)16-12-21/h3-19,27H,2H2,1H3,(H,32,35)(H,33,34). The van der Waals surface area contributed by atoms with Crippen molar-refractivity contribution in [3.05, 3.63) is 126 Å². The second-order valence-corrected chi connectivity index (χ2v) is 9.36. The van der Waals surface area contributed by atoms with Crippen LogP contribution in [0.25, 0.3) is 0 Å². The molecule has 0 radical (unpaired) electrons. The Bertz CT molecular complexity index is 1410. The average molecular weight is 529 g/mol. The molecule has 0 aliphatic rings. The first kappa shape index (κ1) is 26.6. The Morgan fingerprint density at radius 3 is 2.16 bits per heavy atom. The minimum absolute atomic E-state index is 0.245. The van der Waals surface area contributed by atoms with Gasteiger partial charge in [0.15, 0.2) is 0 Å². The number of esters is 1. The van der Waals surface area contributed by atoms with Crippen LogP contribution in [0, 0.1) is 5.82 Å². The van der Waals surface area contributed by atoms with E-state index in [0.717, 1.165) is 10.5 Å². The summed E-state index contributed by atoms with van der Waals surface area (Å²) >= 11 is 1.34. The first-order valence-electron chi connectivity index (χ1n) is 11.9. The molecule has 0 bridgehead atoms. The Balaban J connectivity index is 1.50. The van der Waals surface area contributed by atoms with E-state index in [-0.39, 0.29) is 18.4 Å². The number of rotatable bonds is 9.